The van der Waals surface area contributed by atoms with E-state index in [0.29, 0.717) is 12.2 Å². The topological polar surface area (TPSA) is 57.6 Å². The normalized spacial score (nSPS) is 28.1. The largest absolute Gasteiger partial charge is 0.396 e. The van der Waals surface area contributed by atoms with Gasteiger partial charge in [0, 0.05) is 13.2 Å². The lowest BCUT2D eigenvalue weighted by Gasteiger charge is -2.23. The average molecular weight is 221 g/mol. The summed E-state index contributed by atoms with van der Waals surface area (Å²) in [7, 11) is 1.06. The van der Waals surface area contributed by atoms with Crippen LogP contribution in [0.3, 0.4) is 0 Å². The van der Waals surface area contributed by atoms with Crippen LogP contribution >= 0.6 is 0 Å². The van der Waals surface area contributed by atoms with Crippen LogP contribution in [-0.4, -0.2) is 57.2 Å². The predicted molar refractivity (Wildman–Crippen MR) is 55.9 cm³/mol. The van der Waals surface area contributed by atoms with E-state index >= 15 is 0 Å². The molecule has 1 aliphatic rings. The molecule has 4 nitrogen and oxygen atoms in total. The fourth-order valence-corrected chi connectivity index (χ4v) is 3.94. The number of hydrogen-bond donors (Lipinski definition) is 1. The van der Waals surface area contributed by atoms with Crippen LogP contribution in [0.4, 0.5) is 0 Å². The van der Waals surface area contributed by atoms with Gasteiger partial charge in [0.1, 0.15) is 0 Å². The van der Waals surface area contributed by atoms with Gasteiger partial charge in [-0.15, -0.1) is 0 Å². The Labute approximate surface area is 85.8 Å². The van der Waals surface area contributed by atoms with Gasteiger partial charge in [0.15, 0.2) is 9.84 Å². The number of aliphatic hydroxyl groups is 1. The van der Waals surface area contributed by atoms with Crippen LogP contribution in [0.1, 0.15) is 6.42 Å². The van der Waals surface area contributed by atoms with Crippen LogP contribution in [-0.2, 0) is 9.84 Å². The summed E-state index contributed by atoms with van der Waals surface area (Å²) < 4.78 is 22.5. The SMILES string of the molecule is CN(C)CC(CO)C1CCS(=O)(=O)C1. The Hall–Kier alpha value is -0.130. The van der Waals surface area contributed by atoms with E-state index in [9.17, 15) is 13.5 Å². The molecule has 0 amide bonds. The van der Waals surface area contributed by atoms with Crippen LogP contribution < -0.4 is 0 Å². The Morgan fingerprint density at radius 3 is 2.50 bits per heavy atom. The van der Waals surface area contributed by atoms with E-state index in [1.807, 2.05) is 19.0 Å². The molecule has 2 atom stereocenters. The lowest BCUT2D eigenvalue weighted by atomic mass is 9.92. The minimum atomic E-state index is -2.82. The first-order valence-electron chi connectivity index (χ1n) is 4.90. The molecule has 1 aliphatic heterocycles. The van der Waals surface area contributed by atoms with E-state index in [-0.39, 0.29) is 24.2 Å². The summed E-state index contributed by atoms with van der Waals surface area (Å²) in [6, 6.07) is 0. The molecule has 1 heterocycles. The zero-order chi connectivity index (χ0) is 10.8. The van der Waals surface area contributed by atoms with E-state index in [0.717, 1.165) is 6.54 Å². The number of sulfone groups is 1. The Bertz CT molecular complexity index is 274. The molecule has 84 valence electrons. The molecule has 1 saturated heterocycles. The number of nitrogens with zero attached hydrogens (tertiary/aromatic N) is 1. The molecule has 1 rings (SSSR count). The van der Waals surface area contributed by atoms with E-state index in [2.05, 4.69) is 0 Å². The van der Waals surface area contributed by atoms with Crippen molar-refractivity contribution < 1.29 is 13.5 Å². The summed E-state index contributed by atoms with van der Waals surface area (Å²) in [5.41, 5.74) is 0. The summed E-state index contributed by atoms with van der Waals surface area (Å²) >= 11 is 0. The minimum absolute atomic E-state index is 0.0817. The van der Waals surface area contributed by atoms with Gasteiger partial charge in [0.25, 0.3) is 0 Å². The van der Waals surface area contributed by atoms with Crippen LogP contribution in [0, 0.1) is 11.8 Å². The molecule has 0 aromatic heterocycles. The molecule has 0 bridgehead atoms. The van der Waals surface area contributed by atoms with Crippen molar-refractivity contribution in [3.63, 3.8) is 0 Å². The second-order valence-electron chi connectivity index (χ2n) is 4.37. The maximum atomic E-state index is 11.3. The second kappa shape index (κ2) is 4.59. The maximum Gasteiger partial charge on any atom is 0.150 e. The molecule has 0 aliphatic carbocycles. The molecule has 1 fully saturated rings. The third-order valence-corrected chi connectivity index (χ3v) is 4.56. The second-order valence-corrected chi connectivity index (χ2v) is 6.60. The van der Waals surface area contributed by atoms with Gasteiger partial charge in [-0.25, -0.2) is 8.42 Å². The fourth-order valence-electron chi connectivity index (χ4n) is 2.02. The summed E-state index contributed by atoms with van der Waals surface area (Å²) in [5, 5.41) is 9.18. The summed E-state index contributed by atoms with van der Waals surface area (Å²) in [4.78, 5) is 1.99. The number of hydrogen-bond acceptors (Lipinski definition) is 4. The van der Waals surface area contributed by atoms with E-state index in [1.165, 1.54) is 0 Å². The zero-order valence-corrected chi connectivity index (χ0v) is 9.63. The Morgan fingerprint density at radius 2 is 2.14 bits per heavy atom. The highest BCUT2D eigenvalue weighted by Gasteiger charge is 2.33. The van der Waals surface area contributed by atoms with Gasteiger partial charge >= 0.3 is 0 Å². The van der Waals surface area contributed by atoms with E-state index in [4.69, 9.17) is 0 Å². The average Bonchev–Trinajstić information content (AvgIpc) is 2.41. The van der Waals surface area contributed by atoms with Gasteiger partial charge in [-0.1, -0.05) is 0 Å². The minimum Gasteiger partial charge on any atom is -0.396 e. The van der Waals surface area contributed by atoms with Crippen LogP contribution in [0.2, 0.25) is 0 Å². The first kappa shape index (κ1) is 11.9. The van der Waals surface area contributed by atoms with E-state index < -0.39 is 9.84 Å². The molecule has 0 aromatic rings. The predicted octanol–water partition coefficient (Wildman–Crippen LogP) is -0.409. The number of rotatable bonds is 4. The lowest BCUT2D eigenvalue weighted by Crippen LogP contribution is -2.30. The molecular formula is C9H19NO3S. The molecule has 0 aromatic carbocycles. The van der Waals surface area contributed by atoms with Crippen molar-refractivity contribution in [3.8, 4) is 0 Å². The quantitative estimate of drug-likeness (QED) is 0.701. The molecule has 2 unspecified atom stereocenters. The third kappa shape index (κ3) is 3.22. The summed E-state index contributed by atoms with van der Waals surface area (Å²) in [6.45, 7) is 0.842. The highest BCUT2D eigenvalue weighted by atomic mass is 32.2. The smallest absolute Gasteiger partial charge is 0.150 e. The van der Waals surface area contributed by atoms with Crippen molar-refractivity contribution in [2.45, 2.75) is 6.42 Å². The van der Waals surface area contributed by atoms with Crippen LogP contribution in [0.5, 0.6) is 0 Å². The van der Waals surface area contributed by atoms with Crippen molar-refractivity contribution in [2.24, 2.45) is 11.8 Å². The van der Waals surface area contributed by atoms with Gasteiger partial charge in [-0.3, -0.25) is 0 Å². The Morgan fingerprint density at radius 1 is 1.50 bits per heavy atom. The first-order valence-corrected chi connectivity index (χ1v) is 6.73. The summed E-state index contributed by atoms with van der Waals surface area (Å²) in [6.07, 6.45) is 0.710. The van der Waals surface area contributed by atoms with Crippen molar-refractivity contribution in [1.82, 2.24) is 4.90 Å². The third-order valence-electron chi connectivity index (χ3n) is 2.77. The van der Waals surface area contributed by atoms with Gasteiger partial charge < -0.3 is 10.0 Å². The van der Waals surface area contributed by atoms with Gasteiger partial charge in [0.2, 0.25) is 0 Å². The van der Waals surface area contributed by atoms with Crippen molar-refractivity contribution >= 4 is 9.84 Å². The van der Waals surface area contributed by atoms with Crippen LogP contribution in [0.15, 0.2) is 0 Å². The molecule has 0 saturated carbocycles. The highest BCUT2D eigenvalue weighted by Crippen LogP contribution is 2.26. The fraction of sp³-hybridized carbons (Fsp3) is 1.00. The molecule has 14 heavy (non-hydrogen) atoms. The molecular weight excluding hydrogens is 202 g/mol. The number of aliphatic hydroxyl groups excluding tert-OH is 1. The maximum absolute atomic E-state index is 11.3. The van der Waals surface area contributed by atoms with Gasteiger partial charge in [-0.05, 0) is 32.4 Å². The van der Waals surface area contributed by atoms with Gasteiger partial charge in [0.05, 0.1) is 11.5 Å². The van der Waals surface area contributed by atoms with Gasteiger partial charge in [-0.2, -0.15) is 0 Å². The first-order chi connectivity index (χ1) is 6.44. The molecule has 0 radical (unpaired) electrons. The lowest BCUT2D eigenvalue weighted by molar-refractivity contribution is 0.152. The van der Waals surface area contributed by atoms with Crippen molar-refractivity contribution in [3.05, 3.63) is 0 Å². The van der Waals surface area contributed by atoms with E-state index in [1.54, 1.807) is 0 Å². The molecule has 1 N–H and O–H groups in total. The highest BCUT2D eigenvalue weighted by molar-refractivity contribution is 7.91. The molecule has 0 spiro atoms. The van der Waals surface area contributed by atoms with Crippen molar-refractivity contribution in [2.75, 3.05) is 38.8 Å². The Kier molecular flexibility index (Phi) is 3.92. The molecule has 5 heteroatoms. The Balaban J connectivity index is 2.55. The standard InChI is InChI=1S/C9H19NO3S/c1-10(2)5-9(6-11)8-3-4-14(12,13)7-8/h8-9,11H,3-7H2,1-2H3. The summed E-state index contributed by atoms with van der Waals surface area (Å²) in [5.74, 6) is 0.794. The van der Waals surface area contributed by atoms with Crippen molar-refractivity contribution in [1.29, 1.82) is 0 Å². The zero-order valence-electron chi connectivity index (χ0n) is 8.81. The monoisotopic (exact) mass is 221 g/mol. The van der Waals surface area contributed by atoms with Crippen LogP contribution in [0.25, 0.3) is 0 Å².